The first kappa shape index (κ1) is 11.5. The van der Waals surface area contributed by atoms with Gasteiger partial charge in [-0.25, -0.2) is 4.98 Å². The van der Waals surface area contributed by atoms with Crippen molar-refractivity contribution in [1.29, 1.82) is 0 Å². The first-order valence-corrected chi connectivity index (χ1v) is 6.13. The molecule has 0 aliphatic carbocycles. The van der Waals surface area contributed by atoms with E-state index in [2.05, 4.69) is 10.3 Å². The predicted molar refractivity (Wildman–Crippen MR) is 67.5 cm³/mol. The summed E-state index contributed by atoms with van der Waals surface area (Å²) >= 11 is 0. The van der Waals surface area contributed by atoms with Gasteiger partial charge in [0.15, 0.2) is 0 Å². The van der Waals surface area contributed by atoms with Crippen LogP contribution in [0.1, 0.15) is 12.8 Å². The molecule has 0 aromatic carbocycles. The fraction of sp³-hybridized carbons (Fsp3) is 0.462. The minimum atomic E-state index is -0.703. The lowest BCUT2D eigenvalue weighted by molar-refractivity contribution is -0.0543. The number of hydrogen-bond donors (Lipinski definition) is 2. The monoisotopic (exact) mass is 248 g/mol. The Morgan fingerprint density at radius 3 is 3.00 bits per heavy atom. The minimum absolute atomic E-state index is 0.480. The Kier molecular flexibility index (Phi) is 2.93. The van der Waals surface area contributed by atoms with Crippen LogP contribution in [0, 0.1) is 0 Å². The number of nitrogens with zero attached hydrogens (tertiary/aromatic N) is 1. The molecular formula is C13H16N2O3. The maximum absolute atomic E-state index is 10.4. The maximum atomic E-state index is 10.4. The van der Waals surface area contributed by atoms with E-state index in [1.54, 1.807) is 12.5 Å². The number of aliphatic hydroxyl groups is 1. The van der Waals surface area contributed by atoms with Gasteiger partial charge in [-0.15, -0.1) is 0 Å². The summed E-state index contributed by atoms with van der Waals surface area (Å²) in [5.74, 6) is 0.751. The highest BCUT2D eigenvalue weighted by atomic mass is 16.5. The second-order valence-corrected chi connectivity index (χ2v) is 4.68. The molecule has 1 aliphatic heterocycles. The SMILES string of the molecule is OC1(CNc2nccc3occc23)CCOCC1. The number of anilines is 1. The van der Waals surface area contributed by atoms with E-state index >= 15 is 0 Å². The molecule has 2 aromatic heterocycles. The molecular weight excluding hydrogens is 232 g/mol. The highest BCUT2D eigenvalue weighted by molar-refractivity contribution is 5.87. The molecule has 0 amide bonds. The highest BCUT2D eigenvalue weighted by Crippen LogP contribution is 2.24. The normalized spacial score (nSPS) is 18.9. The molecule has 0 unspecified atom stereocenters. The van der Waals surface area contributed by atoms with Gasteiger partial charge in [-0.3, -0.25) is 0 Å². The molecule has 96 valence electrons. The van der Waals surface area contributed by atoms with Crippen molar-refractivity contribution in [1.82, 2.24) is 4.98 Å². The van der Waals surface area contributed by atoms with E-state index in [9.17, 15) is 5.11 Å². The Balaban J connectivity index is 1.74. The van der Waals surface area contributed by atoms with Gasteiger partial charge in [0.25, 0.3) is 0 Å². The van der Waals surface area contributed by atoms with Crippen LogP contribution in [0.25, 0.3) is 11.0 Å². The van der Waals surface area contributed by atoms with Crippen molar-refractivity contribution in [3.8, 4) is 0 Å². The van der Waals surface area contributed by atoms with Gasteiger partial charge in [-0.2, -0.15) is 0 Å². The van der Waals surface area contributed by atoms with E-state index in [-0.39, 0.29) is 0 Å². The molecule has 2 N–H and O–H groups in total. The van der Waals surface area contributed by atoms with Gasteiger partial charge in [-0.1, -0.05) is 0 Å². The third-order valence-electron chi connectivity index (χ3n) is 3.39. The van der Waals surface area contributed by atoms with Crippen LogP contribution in [0.5, 0.6) is 0 Å². The quantitative estimate of drug-likeness (QED) is 0.866. The lowest BCUT2D eigenvalue weighted by Gasteiger charge is -2.32. The Morgan fingerprint density at radius 1 is 1.33 bits per heavy atom. The molecule has 1 saturated heterocycles. The van der Waals surface area contributed by atoms with Crippen molar-refractivity contribution >= 4 is 16.8 Å². The molecule has 18 heavy (non-hydrogen) atoms. The molecule has 1 aliphatic rings. The molecule has 0 radical (unpaired) electrons. The van der Waals surface area contributed by atoms with Crippen LogP contribution >= 0.6 is 0 Å². The van der Waals surface area contributed by atoms with Crippen molar-refractivity contribution in [2.45, 2.75) is 18.4 Å². The number of ether oxygens (including phenoxy) is 1. The van der Waals surface area contributed by atoms with Crippen LogP contribution in [0.2, 0.25) is 0 Å². The summed E-state index contributed by atoms with van der Waals surface area (Å²) < 4.78 is 10.6. The van der Waals surface area contributed by atoms with E-state index in [4.69, 9.17) is 9.15 Å². The Morgan fingerprint density at radius 2 is 2.17 bits per heavy atom. The Labute approximate surface area is 105 Å². The number of furan rings is 1. The number of aromatic nitrogens is 1. The molecule has 1 fully saturated rings. The average Bonchev–Trinajstić information content (AvgIpc) is 2.86. The zero-order chi connectivity index (χ0) is 12.4. The number of hydrogen-bond acceptors (Lipinski definition) is 5. The maximum Gasteiger partial charge on any atom is 0.139 e. The number of rotatable bonds is 3. The van der Waals surface area contributed by atoms with Gasteiger partial charge in [0, 0.05) is 38.8 Å². The molecule has 0 atom stereocenters. The Hall–Kier alpha value is -1.59. The first-order chi connectivity index (χ1) is 8.77. The predicted octanol–water partition coefficient (Wildman–Crippen LogP) is 1.78. The standard InChI is InChI=1S/C13H16N2O3/c16-13(3-7-17-8-4-13)9-15-12-10-2-6-18-11(10)1-5-14-12/h1-2,5-6,16H,3-4,7-9H2,(H,14,15). The summed E-state index contributed by atoms with van der Waals surface area (Å²) in [4.78, 5) is 4.28. The molecule has 0 saturated carbocycles. The van der Waals surface area contributed by atoms with Crippen LogP contribution in [0.4, 0.5) is 5.82 Å². The number of pyridine rings is 1. The lowest BCUT2D eigenvalue weighted by Crippen LogP contribution is -2.42. The van der Waals surface area contributed by atoms with Gasteiger partial charge >= 0.3 is 0 Å². The molecule has 3 rings (SSSR count). The topological polar surface area (TPSA) is 67.5 Å². The van der Waals surface area contributed by atoms with Gasteiger partial charge in [0.05, 0.1) is 17.3 Å². The molecule has 5 nitrogen and oxygen atoms in total. The molecule has 2 aromatic rings. The molecule has 3 heterocycles. The largest absolute Gasteiger partial charge is 0.464 e. The van der Waals surface area contributed by atoms with E-state index in [1.807, 2.05) is 12.1 Å². The van der Waals surface area contributed by atoms with E-state index in [1.165, 1.54) is 0 Å². The first-order valence-electron chi connectivity index (χ1n) is 6.13. The average molecular weight is 248 g/mol. The zero-order valence-electron chi connectivity index (χ0n) is 10.1. The van der Waals surface area contributed by atoms with Crippen molar-refractivity contribution in [2.24, 2.45) is 0 Å². The van der Waals surface area contributed by atoms with Gasteiger partial charge in [-0.05, 0) is 12.1 Å². The summed E-state index contributed by atoms with van der Waals surface area (Å²) in [6, 6.07) is 3.70. The summed E-state index contributed by atoms with van der Waals surface area (Å²) in [5.41, 5.74) is 0.0951. The second kappa shape index (κ2) is 4.59. The summed E-state index contributed by atoms with van der Waals surface area (Å²) in [6.07, 6.45) is 4.64. The third-order valence-corrected chi connectivity index (χ3v) is 3.39. The Bertz CT molecular complexity index is 532. The van der Waals surface area contributed by atoms with Crippen LogP contribution in [-0.4, -0.2) is 35.5 Å². The minimum Gasteiger partial charge on any atom is -0.464 e. The smallest absolute Gasteiger partial charge is 0.139 e. The fourth-order valence-electron chi connectivity index (χ4n) is 2.21. The van der Waals surface area contributed by atoms with Crippen LogP contribution in [-0.2, 0) is 4.74 Å². The summed E-state index contributed by atoms with van der Waals surface area (Å²) in [5, 5.41) is 14.5. The van der Waals surface area contributed by atoms with E-state index in [0.29, 0.717) is 32.6 Å². The summed E-state index contributed by atoms with van der Waals surface area (Å²) in [6.45, 7) is 1.71. The van der Waals surface area contributed by atoms with Gasteiger partial charge < -0.3 is 19.6 Å². The van der Waals surface area contributed by atoms with Crippen LogP contribution in [0.3, 0.4) is 0 Å². The molecule has 0 spiro atoms. The van der Waals surface area contributed by atoms with Crippen LogP contribution in [0.15, 0.2) is 29.0 Å². The zero-order valence-corrected chi connectivity index (χ0v) is 10.1. The van der Waals surface area contributed by atoms with Crippen LogP contribution < -0.4 is 5.32 Å². The third kappa shape index (κ3) is 2.19. The van der Waals surface area contributed by atoms with E-state index < -0.39 is 5.60 Å². The van der Waals surface area contributed by atoms with Crippen molar-refractivity contribution in [3.05, 3.63) is 24.6 Å². The van der Waals surface area contributed by atoms with Gasteiger partial charge in [0.2, 0.25) is 0 Å². The van der Waals surface area contributed by atoms with Crippen molar-refractivity contribution < 1.29 is 14.3 Å². The number of fused-ring (bicyclic) bond motifs is 1. The van der Waals surface area contributed by atoms with Crippen molar-refractivity contribution in [3.63, 3.8) is 0 Å². The van der Waals surface area contributed by atoms with E-state index in [0.717, 1.165) is 16.8 Å². The number of nitrogens with one attached hydrogen (secondary N) is 1. The lowest BCUT2D eigenvalue weighted by atomic mass is 9.94. The highest BCUT2D eigenvalue weighted by Gasteiger charge is 2.29. The molecule has 0 bridgehead atoms. The molecule has 5 heteroatoms. The van der Waals surface area contributed by atoms with Crippen molar-refractivity contribution in [2.75, 3.05) is 25.1 Å². The second-order valence-electron chi connectivity index (χ2n) is 4.68. The fourth-order valence-corrected chi connectivity index (χ4v) is 2.21. The van der Waals surface area contributed by atoms with Gasteiger partial charge in [0.1, 0.15) is 11.4 Å². The summed E-state index contributed by atoms with van der Waals surface area (Å²) in [7, 11) is 0.